The van der Waals surface area contributed by atoms with Gasteiger partial charge in [0.05, 0.1) is 13.1 Å². The SMILES string of the molecule is CC(=O)NCC1CN(c2ccc3c(c2)CCCC3)C(=O)O1. The first-order chi connectivity index (χ1) is 10.1. The fourth-order valence-electron chi connectivity index (χ4n) is 2.98. The standard InChI is InChI=1S/C16H20N2O3/c1-11(19)17-9-15-10-18(16(20)21-15)14-7-6-12-4-2-3-5-13(12)8-14/h6-8,15H,2-5,9-10H2,1H3,(H,17,19). The number of aryl methyl sites for hydroxylation is 2. The van der Waals surface area contributed by atoms with Crippen molar-refractivity contribution >= 4 is 17.7 Å². The summed E-state index contributed by atoms with van der Waals surface area (Å²) in [6.45, 7) is 2.30. The average Bonchev–Trinajstić information content (AvgIpc) is 2.86. The number of rotatable bonds is 3. The molecule has 21 heavy (non-hydrogen) atoms. The predicted molar refractivity (Wildman–Crippen MR) is 79.4 cm³/mol. The number of anilines is 1. The molecule has 0 saturated carbocycles. The minimum Gasteiger partial charge on any atom is -0.442 e. The van der Waals surface area contributed by atoms with E-state index in [1.807, 2.05) is 6.07 Å². The van der Waals surface area contributed by atoms with Crippen molar-refractivity contribution < 1.29 is 14.3 Å². The zero-order chi connectivity index (χ0) is 14.8. The van der Waals surface area contributed by atoms with E-state index in [1.165, 1.54) is 30.9 Å². The first-order valence-electron chi connectivity index (χ1n) is 7.48. The van der Waals surface area contributed by atoms with E-state index in [-0.39, 0.29) is 18.1 Å². The molecular weight excluding hydrogens is 268 g/mol. The number of nitrogens with zero attached hydrogens (tertiary/aromatic N) is 1. The molecule has 1 heterocycles. The second-order valence-corrected chi connectivity index (χ2v) is 5.71. The van der Waals surface area contributed by atoms with Gasteiger partial charge in [-0.25, -0.2) is 4.79 Å². The highest BCUT2D eigenvalue weighted by Crippen LogP contribution is 2.28. The fourth-order valence-corrected chi connectivity index (χ4v) is 2.98. The summed E-state index contributed by atoms with van der Waals surface area (Å²) >= 11 is 0. The normalized spacial score (nSPS) is 20.9. The first-order valence-corrected chi connectivity index (χ1v) is 7.48. The number of hydrogen-bond acceptors (Lipinski definition) is 3. The Morgan fingerprint density at radius 2 is 2.10 bits per heavy atom. The maximum absolute atomic E-state index is 12.0. The van der Waals surface area contributed by atoms with E-state index in [1.54, 1.807) is 4.90 Å². The van der Waals surface area contributed by atoms with E-state index in [4.69, 9.17) is 4.74 Å². The molecule has 1 unspecified atom stereocenters. The lowest BCUT2D eigenvalue weighted by atomic mass is 9.91. The number of carbonyl (C=O) groups excluding carboxylic acids is 2. The molecule has 0 spiro atoms. The molecular formula is C16H20N2O3. The predicted octanol–water partition coefficient (Wildman–Crippen LogP) is 2.03. The van der Waals surface area contributed by atoms with Crippen LogP contribution in [-0.2, 0) is 22.4 Å². The highest BCUT2D eigenvalue weighted by Gasteiger charge is 2.32. The molecule has 0 bridgehead atoms. The summed E-state index contributed by atoms with van der Waals surface area (Å²) in [5.74, 6) is -0.113. The van der Waals surface area contributed by atoms with Crippen molar-refractivity contribution in [2.24, 2.45) is 0 Å². The molecule has 0 radical (unpaired) electrons. The van der Waals surface area contributed by atoms with Gasteiger partial charge < -0.3 is 10.1 Å². The van der Waals surface area contributed by atoms with Crippen LogP contribution in [0, 0.1) is 0 Å². The average molecular weight is 288 g/mol. The van der Waals surface area contributed by atoms with E-state index in [9.17, 15) is 9.59 Å². The Morgan fingerprint density at radius 3 is 2.86 bits per heavy atom. The second kappa shape index (κ2) is 5.76. The Bertz CT molecular complexity index is 571. The molecule has 5 heteroatoms. The molecule has 112 valence electrons. The Kier molecular flexibility index (Phi) is 3.82. The lowest BCUT2D eigenvalue weighted by molar-refractivity contribution is -0.119. The number of benzene rings is 1. The number of amides is 2. The number of fused-ring (bicyclic) bond motifs is 1. The van der Waals surface area contributed by atoms with Crippen molar-refractivity contribution in [1.82, 2.24) is 5.32 Å². The summed E-state index contributed by atoms with van der Waals surface area (Å²) in [7, 11) is 0. The number of nitrogens with one attached hydrogen (secondary N) is 1. The number of cyclic esters (lactones) is 1. The molecule has 1 atom stereocenters. The van der Waals surface area contributed by atoms with Crippen LogP contribution >= 0.6 is 0 Å². The van der Waals surface area contributed by atoms with E-state index in [0.29, 0.717) is 13.1 Å². The van der Waals surface area contributed by atoms with Crippen LogP contribution in [0.1, 0.15) is 30.9 Å². The molecule has 1 aliphatic carbocycles. The summed E-state index contributed by atoms with van der Waals surface area (Å²) in [5.41, 5.74) is 3.63. The maximum atomic E-state index is 12.0. The van der Waals surface area contributed by atoms with Crippen molar-refractivity contribution in [2.45, 2.75) is 38.7 Å². The maximum Gasteiger partial charge on any atom is 0.414 e. The van der Waals surface area contributed by atoms with Crippen LogP contribution in [0.2, 0.25) is 0 Å². The first kappa shape index (κ1) is 13.9. The molecule has 2 aliphatic rings. The number of carbonyl (C=O) groups is 2. The number of hydrogen-bond donors (Lipinski definition) is 1. The third-order valence-corrected chi connectivity index (χ3v) is 4.10. The van der Waals surface area contributed by atoms with Crippen molar-refractivity contribution in [2.75, 3.05) is 18.0 Å². The molecule has 3 rings (SSSR count). The molecule has 1 saturated heterocycles. The van der Waals surface area contributed by atoms with Gasteiger partial charge in [-0.15, -0.1) is 0 Å². The topological polar surface area (TPSA) is 58.6 Å². The van der Waals surface area contributed by atoms with Crippen LogP contribution in [0.15, 0.2) is 18.2 Å². The Hall–Kier alpha value is -2.04. The van der Waals surface area contributed by atoms with Gasteiger partial charge in [0.2, 0.25) is 5.91 Å². The van der Waals surface area contributed by atoms with Gasteiger partial charge >= 0.3 is 6.09 Å². The van der Waals surface area contributed by atoms with Gasteiger partial charge in [-0.3, -0.25) is 9.69 Å². The molecule has 0 aromatic heterocycles. The summed E-state index contributed by atoms with van der Waals surface area (Å²) in [6, 6.07) is 6.22. The van der Waals surface area contributed by atoms with Gasteiger partial charge in [-0.05, 0) is 48.9 Å². The zero-order valence-corrected chi connectivity index (χ0v) is 12.2. The van der Waals surface area contributed by atoms with Gasteiger partial charge in [0.15, 0.2) is 0 Å². The van der Waals surface area contributed by atoms with Crippen LogP contribution < -0.4 is 10.2 Å². The van der Waals surface area contributed by atoms with Gasteiger partial charge in [0, 0.05) is 12.6 Å². The molecule has 1 aliphatic heterocycles. The van der Waals surface area contributed by atoms with Crippen LogP contribution in [0.5, 0.6) is 0 Å². The second-order valence-electron chi connectivity index (χ2n) is 5.71. The van der Waals surface area contributed by atoms with Gasteiger partial charge in [-0.2, -0.15) is 0 Å². The highest BCUT2D eigenvalue weighted by molar-refractivity contribution is 5.90. The van der Waals surface area contributed by atoms with Crippen molar-refractivity contribution in [3.8, 4) is 0 Å². The minimum atomic E-state index is -0.332. The lowest BCUT2D eigenvalue weighted by Gasteiger charge is -2.19. The molecule has 1 aromatic carbocycles. The molecule has 2 amide bonds. The summed E-state index contributed by atoms with van der Waals surface area (Å²) in [6.07, 6.45) is 4.06. The van der Waals surface area contributed by atoms with E-state index >= 15 is 0 Å². The Morgan fingerprint density at radius 1 is 1.33 bits per heavy atom. The Balaban J connectivity index is 1.72. The Labute approximate surface area is 124 Å². The van der Waals surface area contributed by atoms with Crippen molar-refractivity contribution in [1.29, 1.82) is 0 Å². The summed E-state index contributed by atoms with van der Waals surface area (Å²) in [5, 5.41) is 2.69. The van der Waals surface area contributed by atoms with Gasteiger partial charge in [0.1, 0.15) is 6.10 Å². The van der Waals surface area contributed by atoms with Crippen LogP contribution in [0.25, 0.3) is 0 Å². The van der Waals surface area contributed by atoms with Crippen LogP contribution in [0.4, 0.5) is 10.5 Å². The lowest BCUT2D eigenvalue weighted by Crippen LogP contribution is -2.33. The molecule has 1 aromatic rings. The highest BCUT2D eigenvalue weighted by atomic mass is 16.6. The van der Waals surface area contributed by atoms with Crippen LogP contribution in [-0.4, -0.2) is 31.2 Å². The largest absolute Gasteiger partial charge is 0.442 e. The minimum absolute atomic E-state index is 0.113. The van der Waals surface area contributed by atoms with Gasteiger partial charge in [0.25, 0.3) is 0 Å². The smallest absolute Gasteiger partial charge is 0.414 e. The van der Waals surface area contributed by atoms with E-state index in [0.717, 1.165) is 18.5 Å². The monoisotopic (exact) mass is 288 g/mol. The third-order valence-electron chi connectivity index (χ3n) is 4.10. The number of ether oxygens (including phenoxy) is 1. The summed E-state index contributed by atoms with van der Waals surface area (Å²) in [4.78, 5) is 24.6. The molecule has 5 nitrogen and oxygen atoms in total. The van der Waals surface area contributed by atoms with E-state index < -0.39 is 0 Å². The summed E-state index contributed by atoms with van der Waals surface area (Å²) < 4.78 is 5.30. The fraction of sp³-hybridized carbons (Fsp3) is 0.500. The van der Waals surface area contributed by atoms with Gasteiger partial charge in [-0.1, -0.05) is 6.07 Å². The van der Waals surface area contributed by atoms with Crippen LogP contribution in [0.3, 0.4) is 0 Å². The van der Waals surface area contributed by atoms with Crippen molar-refractivity contribution in [3.05, 3.63) is 29.3 Å². The molecule has 1 N–H and O–H groups in total. The zero-order valence-electron chi connectivity index (χ0n) is 12.2. The third kappa shape index (κ3) is 3.01. The quantitative estimate of drug-likeness (QED) is 0.926. The van der Waals surface area contributed by atoms with E-state index in [2.05, 4.69) is 17.4 Å². The molecule has 1 fully saturated rings. The van der Waals surface area contributed by atoms with Crippen molar-refractivity contribution in [3.63, 3.8) is 0 Å².